The van der Waals surface area contributed by atoms with Gasteiger partial charge >= 0.3 is 6.18 Å². The number of thiocarbonyl (C=S) groups is 1. The van der Waals surface area contributed by atoms with Crippen molar-refractivity contribution in [1.29, 1.82) is 0 Å². The average molecular weight is 461 g/mol. The van der Waals surface area contributed by atoms with Crippen LogP contribution >= 0.6 is 12.2 Å². The van der Waals surface area contributed by atoms with Gasteiger partial charge in [-0.1, -0.05) is 62.2 Å². The van der Waals surface area contributed by atoms with Crippen molar-refractivity contribution in [2.75, 3.05) is 5.32 Å². The van der Waals surface area contributed by atoms with E-state index in [1.165, 1.54) is 5.56 Å². The highest BCUT2D eigenvalue weighted by molar-refractivity contribution is 7.80. The summed E-state index contributed by atoms with van der Waals surface area (Å²) in [6, 6.07) is 16.8. The summed E-state index contributed by atoms with van der Waals surface area (Å²) in [5.41, 5.74) is 1.60. The second-order valence-corrected chi connectivity index (χ2v) is 7.69. The molecule has 0 aliphatic heterocycles. The maximum atomic E-state index is 13.4. The van der Waals surface area contributed by atoms with Crippen LogP contribution in [0.25, 0.3) is 11.3 Å². The lowest BCUT2D eigenvalue weighted by atomic mass is 10.1. The third kappa shape index (κ3) is 6.20. The summed E-state index contributed by atoms with van der Waals surface area (Å²) < 4.78 is 45.3. The van der Waals surface area contributed by atoms with Crippen molar-refractivity contribution in [3.8, 4) is 11.3 Å². The lowest BCUT2D eigenvalue weighted by molar-refractivity contribution is -0.153. The summed E-state index contributed by atoms with van der Waals surface area (Å²) in [5, 5.41) is 5.01. The number of benzene rings is 2. The van der Waals surface area contributed by atoms with Crippen molar-refractivity contribution in [3.63, 3.8) is 0 Å². The minimum atomic E-state index is -4.83. The Morgan fingerprint density at radius 1 is 1.03 bits per heavy atom. The fourth-order valence-corrected chi connectivity index (χ4v) is 3.39. The molecule has 0 aliphatic rings. The van der Waals surface area contributed by atoms with E-state index in [-0.39, 0.29) is 10.9 Å². The van der Waals surface area contributed by atoms with Crippen molar-refractivity contribution < 1.29 is 22.4 Å². The van der Waals surface area contributed by atoms with Gasteiger partial charge in [-0.25, -0.2) is 0 Å². The SMILES string of the molecule is CCCCCc1ccc(NC(=S)NC(=O)c2cc(-c3ccccc3)oc2C(F)(F)F)cc1. The number of furan rings is 1. The van der Waals surface area contributed by atoms with Crippen LogP contribution in [0.2, 0.25) is 0 Å². The fraction of sp³-hybridized carbons (Fsp3) is 0.250. The molecule has 2 N–H and O–H groups in total. The number of amides is 1. The molecule has 0 fully saturated rings. The highest BCUT2D eigenvalue weighted by Gasteiger charge is 2.40. The molecule has 4 nitrogen and oxygen atoms in total. The second-order valence-electron chi connectivity index (χ2n) is 7.28. The number of carbonyl (C=O) groups excluding carboxylic acids is 1. The third-order valence-corrected chi connectivity index (χ3v) is 5.00. The molecule has 0 spiro atoms. The van der Waals surface area contributed by atoms with Gasteiger partial charge in [0.05, 0.1) is 5.56 Å². The van der Waals surface area contributed by atoms with Gasteiger partial charge in [0.2, 0.25) is 5.76 Å². The molecule has 8 heteroatoms. The number of rotatable bonds is 7. The molecule has 0 saturated heterocycles. The van der Waals surface area contributed by atoms with E-state index in [9.17, 15) is 18.0 Å². The van der Waals surface area contributed by atoms with E-state index >= 15 is 0 Å². The van der Waals surface area contributed by atoms with Crippen LogP contribution in [-0.4, -0.2) is 11.0 Å². The number of anilines is 1. The molecular weight excluding hydrogens is 437 g/mol. The summed E-state index contributed by atoms with van der Waals surface area (Å²) in [7, 11) is 0. The fourth-order valence-electron chi connectivity index (χ4n) is 3.18. The Morgan fingerprint density at radius 2 is 1.72 bits per heavy atom. The van der Waals surface area contributed by atoms with Gasteiger partial charge in [0.15, 0.2) is 5.11 Å². The summed E-state index contributed by atoms with van der Waals surface area (Å²) >= 11 is 5.11. The van der Waals surface area contributed by atoms with Crippen molar-refractivity contribution >= 4 is 28.9 Å². The molecule has 0 aliphatic carbocycles. The smallest absolute Gasteiger partial charge is 0.450 e. The van der Waals surface area contributed by atoms with E-state index in [2.05, 4.69) is 17.6 Å². The van der Waals surface area contributed by atoms with Crippen LogP contribution in [0.15, 0.2) is 65.1 Å². The number of hydrogen-bond donors (Lipinski definition) is 2. The highest BCUT2D eigenvalue weighted by Crippen LogP contribution is 2.37. The minimum Gasteiger partial charge on any atom is -0.451 e. The van der Waals surface area contributed by atoms with E-state index in [1.807, 2.05) is 24.3 Å². The van der Waals surface area contributed by atoms with Crippen LogP contribution in [0.4, 0.5) is 18.9 Å². The first-order valence-electron chi connectivity index (χ1n) is 10.3. The molecule has 0 radical (unpaired) electrons. The molecule has 2 aromatic carbocycles. The topological polar surface area (TPSA) is 54.3 Å². The Kier molecular flexibility index (Phi) is 7.69. The second kappa shape index (κ2) is 10.5. The van der Waals surface area contributed by atoms with Crippen LogP contribution < -0.4 is 10.6 Å². The van der Waals surface area contributed by atoms with Gasteiger partial charge in [-0.15, -0.1) is 0 Å². The molecule has 1 heterocycles. The maximum absolute atomic E-state index is 13.4. The number of nitrogens with one attached hydrogen (secondary N) is 2. The van der Waals surface area contributed by atoms with Gasteiger partial charge in [0.1, 0.15) is 5.76 Å². The predicted molar refractivity (Wildman–Crippen MR) is 123 cm³/mol. The van der Waals surface area contributed by atoms with Crippen LogP contribution in [0, 0.1) is 0 Å². The van der Waals surface area contributed by atoms with Crippen molar-refractivity contribution in [2.24, 2.45) is 0 Å². The quantitative estimate of drug-likeness (QED) is 0.300. The van der Waals surface area contributed by atoms with Gasteiger partial charge in [0.25, 0.3) is 5.91 Å². The Hall–Kier alpha value is -3.13. The van der Waals surface area contributed by atoms with Crippen LogP contribution in [0.5, 0.6) is 0 Å². The normalized spacial score (nSPS) is 11.2. The molecule has 3 rings (SSSR count). The Balaban J connectivity index is 1.69. The zero-order valence-corrected chi connectivity index (χ0v) is 18.3. The van der Waals surface area contributed by atoms with Crippen LogP contribution in [0.1, 0.15) is 47.9 Å². The number of unbranched alkanes of at least 4 members (excludes halogenated alkanes) is 2. The lowest BCUT2D eigenvalue weighted by Gasteiger charge is -2.11. The summed E-state index contributed by atoms with van der Waals surface area (Å²) in [4.78, 5) is 12.6. The summed E-state index contributed by atoms with van der Waals surface area (Å²) in [6.45, 7) is 2.14. The largest absolute Gasteiger partial charge is 0.451 e. The highest BCUT2D eigenvalue weighted by atomic mass is 32.1. The van der Waals surface area contributed by atoms with Crippen molar-refractivity contribution in [1.82, 2.24) is 5.32 Å². The van der Waals surface area contributed by atoms with Crippen LogP contribution in [-0.2, 0) is 12.6 Å². The lowest BCUT2D eigenvalue weighted by Crippen LogP contribution is -2.34. The van der Waals surface area contributed by atoms with E-state index in [1.54, 1.807) is 30.3 Å². The Labute approximate surface area is 189 Å². The van der Waals surface area contributed by atoms with Gasteiger partial charge in [0, 0.05) is 11.3 Å². The Bertz CT molecular complexity index is 1060. The number of carbonyl (C=O) groups is 1. The number of alkyl halides is 3. The molecule has 0 bridgehead atoms. The molecule has 1 amide bonds. The summed E-state index contributed by atoms with van der Waals surface area (Å²) in [6.07, 6.45) is -0.444. The van der Waals surface area contributed by atoms with Crippen molar-refractivity contribution in [2.45, 2.75) is 38.8 Å². The first-order chi connectivity index (χ1) is 15.3. The molecular formula is C24H23F3N2O2S. The monoisotopic (exact) mass is 460 g/mol. The van der Waals surface area contributed by atoms with Gasteiger partial charge in [-0.05, 0) is 48.8 Å². The van der Waals surface area contributed by atoms with Crippen molar-refractivity contribution in [3.05, 3.63) is 77.6 Å². The zero-order valence-electron chi connectivity index (χ0n) is 17.5. The molecule has 0 atom stereocenters. The Morgan fingerprint density at radius 3 is 2.34 bits per heavy atom. The molecule has 168 valence electrons. The molecule has 3 aromatic rings. The third-order valence-electron chi connectivity index (χ3n) is 4.80. The van der Waals surface area contributed by atoms with Crippen LogP contribution in [0.3, 0.4) is 0 Å². The van der Waals surface area contributed by atoms with E-state index in [4.69, 9.17) is 16.6 Å². The van der Waals surface area contributed by atoms with E-state index < -0.39 is 23.4 Å². The van der Waals surface area contributed by atoms with Gasteiger partial charge < -0.3 is 9.73 Å². The first kappa shape index (κ1) is 23.5. The number of hydrogen-bond acceptors (Lipinski definition) is 3. The average Bonchev–Trinajstić information content (AvgIpc) is 3.22. The zero-order chi connectivity index (χ0) is 23.1. The van der Waals surface area contributed by atoms with E-state index in [0.717, 1.165) is 31.7 Å². The number of aryl methyl sites for hydroxylation is 1. The van der Waals surface area contributed by atoms with Gasteiger partial charge in [-0.3, -0.25) is 10.1 Å². The van der Waals surface area contributed by atoms with Gasteiger partial charge in [-0.2, -0.15) is 13.2 Å². The molecule has 1 aromatic heterocycles. The predicted octanol–water partition coefficient (Wildman–Crippen LogP) is 6.82. The van der Waals surface area contributed by atoms with E-state index in [0.29, 0.717) is 11.3 Å². The maximum Gasteiger partial charge on any atom is 0.450 e. The molecule has 0 saturated carbocycles. The first-order valence-corrected chi connectivity index (χ1v) is 10.7. The number of halogens is 3. The molecule has 0 unspecified atom stereocenters. The standard InChI is InChI=1S/C24H23F3N2O2S/c1-2-3-5-8-16-11-13-18(14-12-16)28-23(32)29-22(30)19-15-20(17-9-6-4-7-10-17)31-21(19)24(25,26)27/h4,6-7,9-15H,2-3,5,8H2,1H3,(H2,28,29,30,32). The molecule has 32 heavy (non-hydrogen) atoms. The minimum absolute atomic E-state index is 0.0550. The summed E-state index contributed by atoms with van der Waals surface area (Å²) in [5.74, 6) is -2.43.